The molecule has 0 amide bonds. The van der Waals surface area contributed by atoms with Crippen molar-refractivity contribution in [1.29, 1.82) is 0 Å². The lowest BCUT2D eigenvalue weighted by molar-refractivity contribution is 0.563. The summed E-state index contributed by atoms with van der Waals surface area (Å²) in [5.74, 6) is 0. The van der Waals surface area contributed by atoms with Crippen LogP contribution >= 0.6 is 11.6 Å². The van der Waals surface area contributed by atoms with E-state index in [1.54, 1.807) is 38.1 Å². The lowest BCUT2D eigenvalue weighted by Crippen LogP contribution is -2.28. The van der Waals surface area contributed by atoms with E-state index >= 15 is 0 Å². The van der Waals surface area contributed by atoms with Crippen LogP contribution < -0.4 is 4.72 Å². The van der Waals surface area contributed by atoms with Gasteiger partial charge in [0.1, 0.15) is 0 Å². The molecule has 1 aromatic heterocycles. The average molecular weight is 325 g/mol. The third-order valence-electron chi connectivity index (χ3n) is 3.15. The van der Waals surface area contributed by atoms with Gasteiger partial charge in [-0.2, -0.15) is 0 Å². The van der Waals surface area contributed by atoms with E-state index in [9.17, 15) is 8.42 Å². The fraction of sp³-hybridized carbons (Fsp3) is 0.267. The van der Waals surface area contributed by atoms with Crippen molar-refractivity contribution in [1.82, 2.24) is 9.71 Å². The number of halogens is 1. The number of nitrogens with one attached hydrogen (secondary N) is 1. The smallest absolute Gasteiger partial charge is 0.241 e. The summed E-state index contributed by atoms with van der Waals surface area (Å²) in [7, 11) is -3.59. The van der Waals surface area contributed by atoms with Crippen molar-refractivity contribution in [3.63, 3.8) is 0 Å². The molecule has 6 heteroatoms. The molecule has 112 valence electrons. The van der Waals surface area contributed by atoms with Gasteiger partial charge in [-0.25, -0.2) is 13.1 Å². The number of hydrogen-bond donors (Lipinski definition) is 1. The molecule has 0 bridgehead atoms. The first kappa shape index (κ1) is 15.9. The van der Waals surface area contributed by atoms with Gasteiger partial charge in [0.15, 0.2) is 0 Å². The van der Waals surface area contributed by atoms with Crippen LogP contribution in [0.2, 0.25) is 5.02 Å². The van der Waals surface area contributed by atoms with Gasteiger partial charge in [-0.1, -0.05) is 29.3 Å². The molecule has 1 N–H and O–H groups in total. The number of aromatic nitrogens is 1. The van der Waals surface area contributed by atoms with E-state index in [0.29, 0.717) is 10.7 Å². The van der Waals surface area contributed by atoms with Crippen LogP contribution in [0.4, 0.5) is 0 Å². The number of benzene rings is 1. The summed E-state index contributed by atoms with van der Waals surface area (Å²) in [4.78, 5) is 4.42. The van der Waals surface area contributed by atoms with Crippen LogP contribution in [0, 0.1) is 13.8 Å². The zero-order chi connectivity index (χ0) is 15.6. The Morgan fingerprint density at radius 2 is 1.90 bits per heavy atom. The Labute approximate surface area is 130 Å². The van der Waals surface area contributed by atoms with Crippen LogP contribution in [0.5, 0.6) is 0 Å². The number of rotatable bonds is 4. The minimum absolute atomic E-state index is 0.286. The van der Waals surface area contributed by atoms with E-state index < -0.39 is 16.1 Å². The maximum absolute atomic E-state index is 12.5. The molecule has 4 nitrogen and oxygen atoms in total. The van der Waals surface area contributed by atoms with Crippen LogP contribution in [-0.2, 0) is 10.0 Å². The van der Waals surface area contributed by atoms with Crippen LogP contribution in [0.1, 0.15) is 29.8 Å². The standard InChI is InChI=1S/C15H17ClN2O2S/c1-10-4-7-15(11(2)8-10)21(19,20)18-12(3)14-6-5-13(16)9-17-14/h4-9,12,18H,1-3H3/t12-/m1/s1. The van der Waals surface area contributed by atoms with Gasteiger partial charge >= 0.3 is 0 Å². The molecule has 1 heterocycles. The molecule has 0 aliphatic rings. The maximum atomic E-state index is 12.5. The number of hydrogen-bond acceptors (Lipinski definition) is 3. The van der Waals surface area contributed by atoms with Gasteiger partial charge < -0.3 is 0 Å². The van der Waals surface area contributed by atoms with Crippen molar-refractivity contribution < 1.29 is 8.42 Å². The van der Waals surface area contributed by atoms with Gasteiger partial charge in [0.05, 0.1) is 21.7 Å². The Morgan fingerprint density at radius 1 is 1.19 bits per heavy atom. The van der Waals surface area contributed by atoms with Gasteiger partial charge in [0, 0.05) is 6.20 Å². The van der Waals surface area contributed by atoms with E-state index in [-0.39, 0.29) is 4.90 Å². The van der Waals surface area contributed by atoms with Gasteiger partial charge in [0.2, 0.25) is 10.0 Å². The minimum atomic E-state index is -3.59. The van der Waals surface area contributed by atoms with Gasteiger partial charge in [0.25, 0.3) is 0 Å². The van der Waals surface area contributed by atoms with Crippen LogP contribution in [0.15, 0.2) is 41.4 Å². The van der Waals surface area contributed by atoms with E-state index in [1.165, 1.54) is 6.20 Å². The van der Waals surface area contributed by atoms with Crippen molar-refractivity contribution in [2.45, 2.75) is 31.7 Å². The topological polar surface area (TPSA) is 59.1 Å². The Balaban J connectivity index is 2.26. The normalized spacial score (nSPS) is 13.1. The summed E-state index contributed by atoms with van der Waals surface area (Å²) in [5.41, 5.74) is 2.37. The van der Waals surface area contributed by atoms with Crippen molar-refractivity contribution in [3.8, 4) is 0 Å². The van der Waals surface area contributed by atoms with Crippen LogP contribution in [0.25, 0.3) is 0 Å². The summed E-state index contributed by atoms with van der Waals surface area (Å²) in [6.07, 6.45) is 1.50. The number of pyridine rings is 1. The molecule has 0 spiro atoms. The highest BCUT2D eigenvalue weighted by Gasteiger charge is 2.20. The SMILES string of the molecule is Cc1ccc(S(=O)(=O)N[C@H](C)c2ccc(Cl)cn2)c(C)c1. The van der Waals surface area contributed by atoms with Gasteiger partial charge in [-0.3, -0.25) is 4.98 Å². The van der Waals surface area contributed by atoms with Crippen LogP contribution in [0.3, 0.4) is 0 Å². The minimum Gasteiger partial charge on any atom is -0.258 e. The lowest BCUT2D eigenvalue weighted by atomic mass is 10.2. The Bertz CT molecular complexity index is 743. The Kier molecular flexibility index (Phi) is 4.66. The van der Waals surface area contributed by atoms with Gasteiger partial charge in [-0.15, -0.1) is 0 Å². The summed E-state index contributed by atoms with van der Waals surface area (Å²) in [6, 6.07) is 8.21. The molecule has 2 aromatic rings. The number of sulfonamides is 1. The lowest BCUT2D eigenvalue weighted by Gasteiger charge is -2.15. The fourth-order valence-electron chi connectivity index (χ4n) is 2.10. The molecular weight excluding hydrogens is 308 g/mol. The highest BCUT2D eigenvalue weighted by Crippen LogP contribution is 2.20. The molecule has 0 saturated carbocycles. The van der Waals surface area contributed by atoms with Gasteiger partial charge in [-0.05, 0) is 44.5 Å². The van der Waals surface area contributed by atoms with Crippen molar-refractivity contribution in [2.75, 3.05) is 0 Å². The first-order valence-corrected chi connectivity index (χ1v) is 8.37. The molecule has 2 rings (SSSR count). The quantitative estimate of drug-likeness (QED) is 0.937. The second-order valence-electron chi connectivity index (χ2n) is 5.01. The first-order valence-electron chi connectivity index (χ1n) is 6.50. The molecule has 21 heavy (non-hydrogen) atoms. The van der Waals surface area contributed by atoms with E-state index in [2.05, 4.69) is 9.71 Å². The maximum Gasteiger partial charge on any atom is 0.241 e. The van der Waals surface area contributed by atoms with Crippen molar-refractivity contribution in [2.24, 2.45) is 0 Å². The average Bonchev–Trinajstić information content (AvgIpc) is 2.38. The summed E-state index contributed by atoms with van der Waals surface area (Å²) in [5, 5.41) is 0.517. The molecule has 0 fully saturated rings. The monoisotopic (exact) mass is 324 g/mol. The molecular formula is C15H17ClN2O2S. The molecule has 0 aliphatic heterocycles. The molecule has 1 atom stereocenters. The van der Waals surface area contributed by atoms with E-state index in [4.69, 9.17) is 11.6 Å². The van der Waals surface area contributed by atoms with Crippen LogP contribution in [-0.4, -0.2) is 13.4 Å². The zero-order valence-electron chi connectivity index (χ0n) is 12.1. The zero-order valence-corrected chi connectivity index (χ0v) is 13.7. The Hall–Kier alpha value is -1.43. The third kappa shape index (κ3) is 3.81. The molecule has 0 radical (unpaired) electrons. The Morgan fingerprint density at radius 3 is 2.48 bits per heavy atom. The highest BCUT2D eigenvalue weighted by molar-refractivity contribution is 7.89. The first-order chi connectivity index (χ1) is 9.79. The van der Waals surface area contributed by atoms with Crippen molar-refractivity contribution in [3.05, 3.63) is 58.4 Å². The largest absolute Gasteiger partial charge is 0.258 e. The second-order valence-corrected chi connectivity index (χ2v) is 7.13. The van der Waals surface area contributed by atoms with Crippen molar-refractivity contribution >= 4 is 21.6 Å². The molecule has 0 unspecified atom stereocenters. The predicted molar refractivity (Wildman–Crippen MR) is 83.9 cm³/mol. The molecule has 1 aromatic carbocycles. The predicted octanol–water partition coefficient (Wildman–Crippen LogP) is 3.39. The molecule has 0 saturated heterocycles. The fourth-order valence-corrected chi connectivity index (χ4v) is 3.66. The summed E-state index contributed by atoms with van der Waals surface area (Å²) >= 11 is 5.78. The number of aryl methyl sites for hydroxylation is 2. The van der Waals surface area contributed by atoms with E-state index in [1.807, 2.05) is 13.0 Å². The summed E-state index contributed by atoms with van der Waals surface area (Å²) < 4.78 is 27.5. The second kappa shape index (κ2) is 6.13. The molecule has 0 aliphatic carbocycles. The third-order valence-corrected chi connectivity index (χ3v) is 5.07. The number of nitrogens with zero attached hydrogens (tertiary/aromatic N) is 1. The highest BCUT2D eigenvalue weighted by atomic mass is 35.5. The summed E-state index contributed by atoms with van der Waals surface area (Å²) in [6.45, 7) is 5.46. The van der Waals surface area contributed by atoms with E-state index in [0.717, 1.165) is 11.1 Å².